The number of nitrogens with zero attached hydrogens (tertiary/aromatic N) is 1. The molecule has 0 spiro atoms. The van der Waals surface area contributed by atoms with Gasteiger partial charge in [0.25, 0.3) is 5.01 Å². The van der Waals surface area contributed by atoms with Gasteiger partial charge in [-0.15, -0.1) is 0 Å². The van der Waals surface area contributed by atoms with E-state index in [1.54, 1.807) is 23.1 Å². The number of carbonyl (C=O) groups is 1. The molecule has 1 aliphatic heterocycles. The number of aryl methyl sites for hydroxylation is 1. The quantitative estimate of drug-likeness (QED) is 0.430. The van der Waals surface area contributed by atoms with Crippen LogP contribution >= 0.6 is 23.1 Å². The third kappa shape index (κ3) is 4.18. The molecule has 0 saturated carbocycles. The summed E-state index contributed by atoms with van der Waals surface area (Å²) in [6.45, 7) is 0.464. The minimum atomic E-state index is -0.785. The van der Waals surface area contributed by atoms with E-state index in [2.05, 4.69) is 34.2 Å². The Labute approximate surface area is 171 Å². The molecule has 6 heteroatoms. The first-order valence-corrected chi connectivity index (χ1v) is 10.6. The molecule has 0 atom stereocenters. The highest BCUT2D eigenvalue weighted by Crippen LogP contribution is 2.40. The van der Waals surface area contributed by atoms with E-state index < -0.39 is 5.97 Å². The molecule has 140 valence electrons. The van der Waals surface area contributed by atoms with Gasteiger partial charge in [0.05, 0.1) is 10.7 Å². The van der Waals surface area contributed by atoms with Gasteiger partial charge < -0.3 is 10.4 Å². The van der Waals surface area contributed by atoms with Gasteiger partial charge in [-0.25, -0.2) is 0 Å². The monoisotopic (exact) mass is 407 g/mol. The topological polar surface area (TPSA) is 53.2 Å². The molecule has 2 aromatic carbocycles. The SMILES string of the molecule is O=C(O)CC[n+]1c(C=CC=CC=C2Nc3ccccc3S2)sc2ccccc21. The van der Waals surface area contributed by atoms with E-state index in [1.807, 2.05) is 54.6 Å². The Hall–Kier alpha value is -2.83. The number of thiazole rings is 1. The van der Waals surface area contributed by atoms with Crippen molar-refractivity contribution in [3.63, 3.8) is 0 Å². The molecule has 0 aliphatic carbocycles. The number of hydrogen-bond acceptors (Lipinski definition) is 4. The average Bonchev–Trinajstić information content (AvgIpc) is 3.26. The van der Waals surface area contributed by atoms with Crippen LogP contribution in [0.3, 0.4) is 0 Å². The van der Waals surface area contributed by atoms with Gasteiger partial charge >= 0.3 is 5.97 Å². The normalized spacial score (nSPS) is 14.9. The van der Waals surface area contributed by atoms with Crippen LogP contribution in [0, 0.1) is 0 Å². The van der Waals surface area contributed by atoms with Crippen molar-refractivity contribution in [2.75, 3.05) is 5.32 Å². The summed E-state index contributed by atoms with van der Waals surface area (Å²) in [5, 5.41) is 14.6. The van der Waals surface area contributed by atoms with E-state index >= 15 is 0 Å². The molecule has 2 heterocycles. The molecule has 2 N–H and O–H groups in total. The number of nitrogens with one attached hydrogen (secondary N) is 1. The fourth-order valence-corrected chi connectivity index (χ4v) is 4.99. The summed E-state index contributed by atoms with van der Waals surface area (Å²) < 4.78 is 3.23. The second kappa shape index (κ2) is 8.46. The molecule has 1 aromatic heterocycles. The lowest BCUT2D eigenvalue weighted by Crippen LogP contribution is -2.36. The van der Waals surface area contributed by atoms with Crippen molar-refractivity contribution in [1.29, 1.82) is 0 Å². The summed E-state index contributed by atoms with van der Waals surface area (Å²) >= 11 is 3.39. The Kier molecular flexibility index (Phi) is 5.60. The van der Waals surface area contributed by atoms with Crippen molar-refractivity contribution in [3.8, 4) is 0 Å². The van der Waals surface area contributed by atoms with Gasteiger partial charge in [-0.1, -0.05) is 65.6 Å². The van der Waals surface area contributed by atoms with Crippen LogP contribution in [0.25, 0.3) is 16.3 Å². The second-order valence-electron chi connectivity index (χ2n) is 6.20. The predicted octanol–water partition coefficient (Wildman–Crippen LogP) is 5.29. The third-order valence-electron chi connectivity index (χ3n) is 4.26. The van der Waals surface area contributed by atoms with Gasteiger partial charge in [0.15, 0.2) is 6.54 Å². The van der Waals surface area contributed by atoms with Crippen LogP contribution in [0.1, 0.15) is 11.4 Å². The number of hydrogen-bond donors (Lipinski definition) is 2. The van der Waals surface area contributed by atoms with Gasteiger partial charge in [0.2, 0.25) is 5.52 Å². The Balaban J connectivity index is 1.48. The average molecular weight is 408 g/mol. The summed E-state index contributed by atoms with van der Waals surface area (Å²) in [5.41, 5.74) is 2.22. The maximum atomic E-state index is 11.0. The number of allylic oxidation sites excluding steroid dienone is 4. The molecular weight excluding hydrogens is 388 g/mol. The summed E-state index contributed by atoms with van der Waals surface area (Å²) in [6, 6.07) is 16.3. The molecule has 4 nitrogen and oxygen atoms in total. The van der Waals surface area contributed by atoms with Gasteiger partial charge in [-0.2, -0.15) is 4.57 Å². The van der Waals surface area contributed by atoms with Crippen LogP contribution in [0.15, 0.2) is 82.8 Å². The van der Waals surface area contributed by atoms with E-state index in [-0.39, 0.29) is 6.42 Å². The van der Waals surface area contributed by atoms with Crippen LogP contribution in [-0.4, -0.2) is 11.1 Å². The Morgan fingerprint density at radius 1 is 1.07 bits per heavy atom. The standard InChI is InChI=1S/C22H18N2O2S2/c25-22(26)14-15-24-17-9-5-7-11-19(17)28-21(24)13-3-1-2-12-20-23-16-8-4-6-10-18(16)27-20/h1-13H,14-15H2,(H,25,26)/p+1. The number of anilines is 1. The fraction of sp³-hybridized carbons (Fsp3) is 0.0909. The number of aromatic nitrogens is 1. The highest BCUT2D eigenvalue weighted by molar-refractivity contribution is 8.03. The number of thioether (sulfide) groups is 1. The first-order valence-electron chi connectivity index (χ1n) is 8.93. The molecule has 0 unspecified atom stereocenters. The second-order valence-corrected chi connectivity index (χ2v) is 8.35. The lowest BCUT2D eigenvalue weighted by atomic mass is 10.3. The predicted molar refractivity (Wildman–Crippen MR) is 116 cm³/mol. The number of carboxylic acids is 1. The van der Waals surface area contributed by atoms with Crippen molar-refractivity contribution in [2.24, 2.45) is 0 Å². The van der Waals surface area contributed by atoms with Crippen molar-refractivity contribution in [2.45, 2.75) is 17.9 Å². The van der Waals surface area contributed by atoms with Crippen molar-refractivity contribution in [1.82, 2.24) is 0 Å². The molecule has 0 saturated heterocycles. The van der Waals surface area contributed by atoms with Crippen LogP contribution < -0.4 is 9.88 Å². The molecule has 3 aromatic rings. The zero-order valence-electron chi connectivity index (χ0n) is 15.0. The molecular formula is C22H19N2O2S2+. The Morgan fingerprint density at radius 3 is 2.75 bits per heavy atom. The summed E-state index contributed by atoms with van der Waals surface area (Å²) in [4.78, 5) is 12.2. The molecule has 0 amide bonds. The molecule has 1 aliphatic rings. The van der Waals surface area contributed by atoms with Crippen molar-refractivity contribution < 1.29 is 14.5 Å². The van der Waals surface area contributed by atoms with E-state index in [1.165, 1.54) is 4.90 Å². The molecule has 0 radical (unpaired) electrons. The fourth-order valence-electron chi connectivity index (χ4n) is 2.97. The maximum absolute atomic E-state index is 11.0. The van der Waals surface area contributed by atoms with Gasteiger partial charge in [-0.3, -0.25) is 4.79 Å². The van der Waals surface area contributed by atoms with Crippen molar-refractivity contribution in [3.05, 3.63) is 82.9 Å². The molecule has 0 bridgehead atoms. The van der Waals surface area contributed by atoms with Gasteiger partial charge in [-0.05, 0) is 24.3 Å². The number of fused-ring (bicyclic) bond motifs is 2. The minimum Gasteiger partial charge on any atom is -0.481 e. The minimum absolute atomic E-state index is 0.109. The number of aliphatic carboxylic acids is 1. The smallest absolute Gasteiger partial charge is 0.309 e. The number of rotatable bonds is 6. The van der Waals surface area contributed by atoms with E-state index in [0.717, 1.165) is 25.9 Å². The molecule has 4 rings (SSSR count). The lowest BCUT2D eigenvalue weighted by Gasteiger charge is -1.95. The number of benzene rings is 2. The van der Waals surface area contributed by atoms with Crippen LogP contribution in [0.2, 0.25) is 0 Å². The van der Waals surface area contributed by atoms with Crippen LogP contribution in [0.4, 0.5) is 5.69 Å². The molecule has 28 heavy (non-hydrogen) atoms. The van der Waals surface area contributed by atoms with Gasteiger partial charge in [0.1, 0.15) is 11.1 Å². The zero-order valence-corrected chi connectivity index (χ0v) is 16.7. The lowest BCUT2D eigenvalue weighted by molar-refractivity contribution is -0.667. The van der Waals surface area contributed by atoms with E-state index in [0.29, 0.717) is 6.54 Å². The van der Waals surface area contributed by atoms with Gasteiger partial charge in [0, 0.05) is 17.0 Å². The number of carboxylic acid groups (broad SMARTS) is 1. The highest BCUT2D eigenvalue weighted by Gasteiger charge is 2.18. The maximum Gasteiger partial charge on any atom is 0.309 e. The summed E-state index contributed by atoms with van der Waals surface area (Å²) in [6.07, 6.45) is 10.2. The Bertz CT molecular complexity index is 1090. The zero-order chi connectivity index (χ0) is 19.3. The van der Waals surface area contributed by atoms with Crippen molar-refractivity contribution >= 4 is 51.0 Å². The van der Waals surface area contributed by atoms with E-state index in [4.69, 9.17) is 5.11 Å². The Morgan fingerprint density at radius 2 is 1.89 bits per heavy atom. The van der Waals surface area contributed by atoms with E-state index in [9.17, 15) is 4.79 Å². The largest absolute Gasteiger partial charge is 0.481 e. The van der Waals surface area contributed by atoms with Crippen LogP contribution in [0.5, 0.6) is 0 Å². The number of para-hydroxylation sites is 2. The first-order chi connectivity index (χ1) is 13.7. The third-order valence-corrected chi connectivity index (χ3v) is 6.42. The summed E-state index contributed by atoms with van der Waals surface area (Å²) in [7, 11) is 0. The highest BCUT2D eigenvalue weighted by atomic mass is 32.2. The van der Waals surface area contributed by atoms with Crippen LogP contribution in [-0.2, 0) is 11.3 Å². The first kappa shape index (κ1) is 18.5. The summed E-state index contributed by atoms with van der Waals surface area (Å²) in [5.74, 6) is -0.785. The molecule has 0 fully saturated rings.